The molecule has 0 atom stereocenters. The van der Waals surface area contributed by atoms with Gasteiger partial charge in [-0.15, -0.1) is 0 Å². The second-order valence-electron chi connectivity index (χ2n) is 4.09. The third-order valence-electron chi connectivity index (χ3n) is 2.69. The number of carbonyl (C=O) groups is 1. The number of aromatic carboxylic acids is 1. The molecule has 0 aliphatic heterocycles. The van der Waals surface area contributed by atoms with E-state index in [0.717, 1.165) is 6.07 Å². The normalized spacial score (nSPS) is 10.3. The molecule has 0 radical (unpaired) electrons. The zero-order chi connectivity index (χ0) is 14.7. The fraction of sp³-hybridized carbons (Fsp3) is 0.0714. The van der Waals surface area contributed by atoms with Gasteiger partial charge in [0.25, 0.3) is 0 Å². The Kier molecular flexibility index (Phi) is 4.34. The van der Waals surface area contributed by atoms with Crippen molar-refractivity contribution in [2.45, 2.75) is 6.54 Å². The van der Waals surface area contributed by atoms with E-state index in [1.54, 1.807) is 6.07 Å². The number of nitrogens with one attached hydrogen (secondary N) is 1. The second kappa shape index (κ2) is 6.00. The van der Waals surface area contributed by atoms with Crippen molar-refractivity contribution in [3.8, 4) is 0 Å². The van der Waals surface area contributed by atoms with Crippen LogP contribution in [0.1, 0.15) is 15.9 Å². The zero-order valence-corrected chi connectivity index (χ0v) is 11.7. The highest BCUT2D eigenvalue weighted by molar-refractivity contribution is 9.10. The summed E-state index contributed by atoms with van der Waals surface area (Å²) >= 11 is 3.21. The van der Waals surface area contributed by atoms with E-state index in [1.807, 2.05) is 0 Å². The van der Waals surface area contributed by atoms with Crippen LogP contribution in [0.25, 0.3) is 0 Å². The monoisotopic (exact) mass is 341 g/mol. The lowest BCUT2D eigenvalue weighted by Crippen LogP contribution is -2.06. The van der Waals surface area contributed by atoms with E-state index in [-0.39, 0.29) is 23.4 Å². The Morgan fingerprint density at radius 2 is 1.85 bits per heavy atom. The molecular formula is C14H10BrF2NO2. The van der Waals surface area contributed by atoms with Crippen molar-refractivity contribution in [2.75, 3.05) is 5.32 Å². The molecule has 6 heteroatoms. The number of hydrogen-bond acceptors (Lipinski definition) is 2. The van der Waals surface area contributed by atoms with Crippen LogP contribution < -0.4 is 5.32 Å². The maximum Gasteiger partial charge on any atom is 0.335 e. The van der Waals surface area contributed by atoms with Crippen LogP contribution in [-0.2, 0) is 6.54 Å². The van der Waals surface area contributed by atoms with E-state index in [9.17, 15) is 13.6 Å². The Bertz CT molecular complexity index is 662. The fourth-order valence-electron chi connectivity index (χ4n) is 1.67. The number of benzene rings is 2. The predicted octanol–water partition coefficient (Wildman–Crippen LogP) is 4.04. The first-order chi connectivity index (χ1) is 9.47. The van der Waals surface area contributed by atoms with Crippen LogP contribution in [0.2, 0.25) is 0 Å². The fourth-order valence-corrected chi connectivity index (χ4v) is 2.03. The largest absolute Gasteiger partial charge is 0.478 e. The van der Waals surface area contributed by atoms with E-state index >= 15 is 0 Å². The van der Waals surface area contributed by atoms with Gasteiger partial charge in [-0.05, 0) is 36.4 Å². The molecule has 20 heavy (non-hydrogen) atoms. The second-order valence-corrected chi connectivity index (χ2v) is 5.00. The molecular weight excluding hydrogens is 332 g/mol. The highest BCUT2D eigenvalue weighted by atomic mass is 79.9. The first-order valence-electron chi connectivity index (χ1n) is 5.68. The molecule has 0 aromatic heterocycles. The number of anilines is 1. The van der Waals surface area contributed by atoms with Crippen molar-refractivity contribution in [3.63, 3.8) is 0 Å². The van der Waals surface area contributed by atoms with E-state index in [4.69, 9.17) is 5.11 Å². The molecule has 2 rings (SSSR count). The van der Waals surface area contributed by atoms with Gasteiger partial charge < -0.3 is 10.4 Å². The van der Waals surface area contributed by atoms with Gasteiger partial charge in [-0.3, -0.25) is 0 Å². The van der Waals surface area contributed by atoms with Crippen LogP contribution in [0.5, 0.6) is 0 Å². The Morgan fingerprint density at radius 3 is 2.55 bits per heavy atom. The molecule has 0 aliphatic rings. The van der Waals surface area contributed by atoms with Gasteiger partial charge in [0.05, 0.1) is 11.3 Å². The maximum absolute atomic E-state index is 13.6. The van der Waals surface area contributed by atoms with Gasteiger partial charge in [0.1, 0.15) is 11.6 Å². The Morgan fingerprint density at radius 1 is 1.15 bits per heavy atom. The standard InChI is InChI=1S/C14H10BrF2NO2/c15-10-2-4-12(17)13(6-10)18-7-9-5-8(14(19)20)1-3-11(9)16/h1-6,18H,7H2,(H,19,20). The molecule has 0 heterocycles. The van der Waals surface area contributed by atoms with E-state index < -0.39 is 17.6 Å². The number of halogens is 3. The lowest BCUT2D eigenvalue weighted by molar-refractivity contribution is 0.0696. The van der Waals surface area contributed by atoms with Gasteiger partial charge in [0.2, 0.25) is 0 Å². The quantitative estimate of drug-likeness (QED) is 0.882. The van der Waals surface area contributed by atoms with E-state index in [1.165, 1.54) is 24.3 Å². The van der Waals surface area contributed by atoms with Crippen molar-refractivity contribution in [1.29, 1.82) is 0 Å². The van der Waals surface area contributed by atoms with Crippen LogP contribution in [0.4, 0.5) is 14.5 Å². The van der Waals surface area contributed by atoms with Gasteiger partial charge in [-0.25, -0.2) is 13.6 Å². The van der Waals surface area contributed by atoms with Gasteiger partial charge >= 0.3 is 5.97 Å². The SMILES string of the molecule is O=C(O)c1ccc(F)c(CNc2cc(Br)ccc2F)c1. The van der Waals surface area contributed by atoms with Crippen molar-refractivity contribution in [3.05, 3.63) is 63.6 Å². The van der Waals surface area contributed by atoms with Gasteiger partial charge in [-0.2, -0.15) is 0 Å². The number of carboxylic acid groups (broad SMARTS) is 1. The predicted molar refractivity (Wildman–Crippen MR) is 74.8 cm³/mol. The first-order valence-corrected chi connectivity index (χ1v) is 6.47. The number of rotatable bonds is 4. The maximum atomic E-state index is 13.6. The van der Waals surface area contributed by atoms with E-state index in [0.29, 0.717) is 4.47 Å². The zero-order valence-electron chi connectivity index (χ0n) is 10.2. The number of carboxylic acids is 1. The average Bonchev–Trinajstić information content (AvgIpc) is 2.41. The minimum atomic E-state index is -1.14. The molecule has 0 spiro atoms. The Hall–Kier alpha value is -1.95. The molecule has 104 valence electrons. The van der Waals surface area contributed by atoms with Crippen LogP contribution >= 0.6 is 15.9 Å². The van der Waals surface area contributed by atoms with Crippen LogP contribution in [0.15, 0.2) is 40.9 Å². The summed E-state index contributed by atoms with van der Waals surface area (Å²) in [6.45, 7) is -0.0136. The molecule has 2 aromatic carbocycles. The highest BCUT2D eigenvalue weighted by Crippen LogP contribution is 2.21. The summed E-state index contributed by atoms with van der Waals surface area (Å²) in [6.07, 6.45) is 0. The average molecular weight is 342 g/mol. The van der Waals surface area contributed by atoms with Crippen molar-refractivity contribution >= 4 is 27.6 Å². The number of hydrogen-bond donors (Lipinski definition) is 2. The molecule has 3 nitrogen and oxygen atoms in total. The molecule has 0 amide bonds. The molecule has 0 bridgehead atoms. The summed E-state index contributed by atoms with van der Waals surface area (Å²) in [5.74, 6) is -2.15. The van der Waals surface area contributed by atoms with Crippen LogP contribution in [0, 0.1) is 11.6 Å². The van der Waals surface area contributed by atoms with E-state index in [2.05, 4.69) is 21.2 Å². The summed E-state index contributed by atoms with van der Waals surface area (Å²) < 4.78 is 27.8. The third kappa shape index (κ3) is 3.33. The lowest BCUT2D eigenvalue weighted by Gasteiger charge is -2.09. The van der Waals surface area contributed by atoms with Crippen LogP contribution in [0.3, 0.4) is 0 Å². The summed E-state index contributed by atoms with van der Waals surface area (Å²) in [6, 6.07) is 7.83. The van der Waals surface area contributed by atoms with Crippen molar-refractivity contribution < 1.29 is 18.7 Å². The topological polar surface area (TPSA) is 49.3 Å². The van der Waals surface area contributed by atoms with Crippen molar-refractivity contribution in [1.82, 2.24) is 0 Å². The first kappa shape index (κ1) is 14.5. The van der Waals surface area contributed by atoms with Gasteiger partial charge in [0, 0.05) is 16.6 Å². The molecule has 0 aliphatic carbocycles. The highest BCUT2D eigenvalue weighted by Gasteiger charge is 2.09. The minimum Gasteiger partial charge on any atom is -0.478 e. The van der Waals surface area contributed by atoms with Gasteiger partial charge in [0.15, 0.2) is 0 Å². The third-order valence-corrected chi connectivity index (χ3v) is 3.18. The summed E-state index contributed by atoms with van der Waals surface area (Å²) in [4.78, 5) is 10.8. The Labute approximate surface area is 122 Å². The molecule has 2 aromatic rings. The molecule has 0 fully saturated rings. The molecule has 0 saturated carbocycles. The lowest BCUT2D eigenvalue weighted by atomic mass is 10.1. The minimum absolute atomic E-state index is 0.0136. The molecule has 0 unspecified atom stereocenters. The summed E-state index contributed by atoms with van der Waals surface area (Å²) in [7, 11) is 0. The molecule has 2 N–H and O–H groups in total. The summed E-state index contributed by atoms with van der Waals surface area (Å²) in [5, 5.41) is 11.6. The van der Waals surface area contributed by atoms with Crippen LogP contribution in [-0.4, -0.2) is 11.1 Å². The Balaban J connectivity index is 2.20. The summed E-state index contributed by atoms with van der Waals surface area (Å²) in [5.41, 5.74) is 0.349. The molecule has 0 saturated heterocycles. The van der Waals surface area contributed by atoms with Crippen molar-refractivity contribution in [2.24, 2.45) is 0 Å². The smallest absolute Gasteiger partial charge is 0.335 e. The van der Waals surface area contributed by atoms with Gasteiger partial charge in [-0.1, -0.05) is 15.9 Å².